The third kappa shape index (κ3) is 2.95. The maximum absolute atomic E-state index is 10.5. The van der Waals surface area contributed by atoms with E-state index in [1.54, 1.807) is 0 Å². The Morgan fingerprint density at radius 1 is 1.11 bits per heavy atom. The molecule has 150 valence electrons. The van der Waals surface area contributed by atoms with Crippen LogP contribution in [0.1, 0.15) is 57.2 Å². The van der Waals surface area contributed by atoms with E-state index in [1.807, 2.05) is 6.07 Å². The maximum atomic E-state index is 10.5. The molecule has 7 atom stereocenters. The summed E-state index contributed by atoms with van der Waals surface area (Å²) in [5.41, 5.74) is 2.32. The smallest absolute Gasteiger partial charge is 0.129 e. The van der Waals surface area contributed by atoms with E-state index in [2.05, 4.69) is 24.9 Å². The Morgan fingerprint density at radius 3 is 2.59 bits per heavy atom. The number of hydrogen-bond acceptors (Lipinski definition) is 4. The van der Waals surface area contributed by atoms with E-state index in [4.69, 9.17) is 11.6 Å². The minimum absolute atomic E-state index is 0.0383. The van der Waals surface area contributed by atoms with E-state index in [-0.39, 0.29) is 42.0 Å². The van der Waals surface area contributed by atoms with Crippen LogP contribution < -0.4 is 0 Å². The fraction of sp³-hybridized carbons (Fsp3) is 0.773. The fourth-order valence-electron chi connectivity index (χ4n) is 6.88. The van der Waals surface area contributed by atoms with Crippen LogP contribution in [-0.4, -0.2) is 39.6 Å². The number of rotatable bonds is 3. The summed E-state index contributed by atoms with van der Waals surface area (Å²) >= 11 is 6.20. The molecule has 0 amide bonds. The Morgan fingerprint density at radius 2 is 1.89 bits per heavy atom. The SMILES string of the molecule is C[C@]1([C@H]2CC[C@]3(C)c4nc(Cl)ccc4C[C@H]3[C@@H]2CO)CC[C@H](O)C[C@@H]1CO. The van der Waals surface area contributed by atoms with Crippen LogP contribution in [0.4, 0.5) is 0 Å². The number of aliphatic hydroxyl groups excluding tert-OH is 3. The van der Waals surface area contributed by atoms with Crippen molar-refractivity contribution in [3.63, 3.8) is 0 Å². The highest BCUT2D eigenvalue weighted by atomic mass is 35.5. The first kappa shape index (κ1) is 19.6. The topological polar surface area (TPSA) is 73.6 Å². The van der Waals surface area contributed by atoms with E-state index in [9.17, 15) is 15.3 Å². The fourth-order valence-corrected chi connectivity index (χ4v) is 7.03. The third-order valence-electron chi connectivity index (χ3n) is 8.54. The second-order valence-corrected chi connectivity index (χ2v) is 10.1. The average molecular weight is 394 g/mol. The van der Waals surface area contributed by atoms with Gasteiger partial charge in [0.2, 0.25) is 0 Å². The second-order valence-electron chi connectivity index (χ2n) is 9.67. The molecular weight excluding hydrogens is 362 g/mol. The summed E-state index contributed by atoms with van der Waals surface area (Å²) in [5.74, 6) is 0.993. The summed E-state index contributed by atoms with van der Waals surface area (Å²) in [6.07, 6.45) is 5.08. The molecule has 2 fully saturated rings. The van der Waals surface area contributed by atoms with Crippen LogP contribution >= 0.6 is 11.6 Å². The molecule has 0 radical (unpaired) electrons. The highest BCUT2D eigenvalue weighted by molar-refractivity contribution is 6.29. The zero-order valence-electron chi connectivity index (χ0n) is 16.4. The van der Waals surface area contributed by atoms with Gasteiger partial charge in [-0.1, -0.05) is 31.5 Å². The summed E-state index contributed by atoms with van der Waals surface area (Å²) in [4.78, 5) is 4.69. The van der Waals surface area contributed by atoms with Gasteiger partial charge in [0, 0.05) is 18.6 Å². The molecule has 0 aromatic carbocycles. The summed E-state index contributed by atoms with van der Waals surface area (Å²) in [6, 6.07) is 3.98. The first-order valence-corrected chi connectivity index (χ1v) is 10.8. The van der Waals surface area contributed by atoms with E-state index in [1.165, 1.54) is 5.56 Å². The lowest BCUT2D eigenvalue weighted by molar-refractivity contribution is -0.0996. The lowest BCUT2D eigenvalue weighted by atomic mass is 9.49. The lowest BCUT2D eigenvalue weighted by Gasteiger charge is -2.56. The van der Waals surface area contributed by atoms with Crippen molar-refractivity contribution in [2.75, 3.05) is 13.2 Å². The molecule has 5 heteroatoms. The van der Waals surface area contributed by atoms with Crippen molar-refractivity contribution >= 4 is 11.6 Å². The van der Waals surface area contributed by atoms with Crippen LogP contribution in [0.2, 0.25) is 5.15 Å². The Bertz CT molecular complexity index is 713. The van der Waals surface area contributed by atoms with Gasteiger partial charge in [0.15, 0.2) is 0 Å². The predicted octanol–water partition coefficient (Wildman–Crippen LogP) is 3.34. The number of pyridine rings is 1. The average Bonchev–Trinajstić information content (AvgIpc) is 2.95. The Hall–Kier alpha value is -0.680. The summed E-state index contributed by atoms with van der Waals surface area (Å²) in [7, 11) is 0. The molecule has 4 rings (SSSR count). The Labute approximate surface area is 167 Å². The van der Waals surface area contributed by atoms with E-state index < -0.39 is 0 Å². The second kappa shape index (κ2) is 6.98. The molecule has 0 aliphatic heterocycles. The van der Waals surface area contributed by atoms with Gasteiger partial charge >= 0.3 is 0 Å². The first-order chi connectivity index (χ1) is 12.8. The Kier molecular flexibility index (Phi) is 5.07. The predicted molar refractivity (Wildman–Crippen MR) is 106 cm³/mol. The van der Waals surface area contributed by atoms with Crippen molar-refractivity contribution in [3.05, 3.63) is 28.5 Å². The molecule has 2 saturated carbocycles. The van der Waals surface area contributed by atoms with E-state index >= 15 is 0 Å². The van der Waals surface area contributed by atoms with Crippen molar-refractivity contribution in [1.82, 2.24) is 4.98 Å². The Balaban J connectivity index is 1.68. The summed E-state index contributed by atoms with van der Waals surface area (Å²) in [5, 5.41) is 31.2. The molecule has 3 N–H and O–H groups in total. The number of hydrogen-bond donors (Lipinski definition) is 3. The van der Waals surface area contributed by atoms with Gasteiger partial charge < -0.3 is 15.3 Å². The van der Waals surface area contributed by atoms with Crippen molar-refractivity contribution in [2.45, 2.75) is 63.9 Å². The van der Waals surface area contributed by atoms with Gasteiger partial charge in [-0.25, -0.2) is 4.98 Å². The van der Waals surface area contributed by atoms with Crippen LogP contribution in [0.25, 0.3) is 0 Å². The molecule has 4 nitrogen and oxygen atoms in total. The van der Waals surface area contributed by atoms with Crippen LogP contribution in [0, 0.1) is 29.1 Å². The molecule has 0 bridgehead atoms. The van der Waals surface area contributed by atoms with Gasteiger partial charge in [0.25, 0.3) is 0 Å². The lowest BCUT2D eigenvalue weighted by Crippen LogP contribution is -2.53. The molecule has 27 heavy (non-hydrogen) atoms. The zero-order chi connectivity index (χ0) is 19.4. The normalized spacial score (nSPS) is 44.0. The van der Waals surface area contributed by atoms with Gasteiger partial charge in [-0.3, -0.25) is 0 Å². The molecule has 1 aromatic heterocycles. The number of nitrogens with zero attached hydrogens (tertiary/aromatic N) is 1. The molecule has 1 aromatic rings. The monoisotopic (exact) mass is 393 g/mol. The van der Waals surface area contributed by atoms with Crippen molar-refractivity contribution in [3.8, 4) is 0 Å². The minimum atomic E-state index is -0.307. The van der Waals surface area contributed by atoms with Gasteiger partial charge in [-0.2, -0.15) is 0 Å². The van der Waals surface area contributed by atoms with Crippen LogP contribution in [0.15, 0.2) is 12.1 Å². The van der Waals surface area contributed by atoms with E-state index in [0.29, 0.717) is 23.4 Å². The quantitative estimate of drug-likeness (QED) is 0.688. The molecule has 0 saturated heterocycles. The van der Waals surface area contributed by atoms with Crippen molar-refractivity contribution in [2.24, 2.45) is 29.1 Å². The molecule has 0 spiro atoms. The highest BCUT2D eigenvalue weighted by Gasteiger charge is 2.57. The van der Waals surface area contributed by atoms with Crippen LogP contribution in [-0.2, 0) is 11.8 Å². The highest BCUT2D eigenvalue weighted by Crippen LogP contribution is 2.61. The van der Waals surface area contributed by atoms with E-state index in [0.717, 1.165) is 37.8 Å². The van der Waals surface area contributed by atoms with Gasteiger partial charge in [0.05, 0.1) is 11.8 Å². The molecule has 0 unspecified atom stereocenters. The van der Waals surface area contributed by atoms with Crippen molar-refractivity contribution < 1.29 is 15.3 Å². The molecule has 3 aliphatic carbocycles. The molecular formula is C22H32ClNO3. The van der Waals surface area contributed by atoms with Gasteiger partial charge in [0.1, 0.15) is 5.15 Å². The number of aromatic nitrogens is 1. The third-order valence-corrected chi connectivity index (χ3v) is 8.75. The zero-order valence-corrected chi connectivity index (χ0v) is 17.1. The van der Waals surface area contributed by atoms with Gasteiger partial charge in [-0.15, -0.1) is 0 Å². The number of aliphatic hydroxyl groups is 3. The largest absolute Gasteiger partial charge is 0.396 e. The standard InChI is InChI=1S/C22H32ClNO3/c1-21(7-5-15(27)10-14(21)11-25)17-6-8-22(2)18(16(17)12-26)9-13-3-4-19(23)24-20(13)22/h3-4,14-18,25-27H,5-12H2,1-2H3/t14-,15+,16-,17+,18+,21+,22+/m1/s1. The molecule has 1 heterocycles. The van der Waals surface area contributed by atoms with Crippen molar-refractivity contribution in [1.29, 1.82) is 0 Å². The molecule has 3 aliphatic rings. The van der Waals surface area contributed by atoms with Gasteiger partial charge in [-0.05, 0) is 79.2 Å². The van der Waals surface area contributed by atoms with Crippen LogP contribution in [0.5, 0.6) is 0 Å². The number of halogens is 1. The first-order valence-electron chi connectivity index (χ1n) is 10.4. The number of fused-ring (bicyclic) bond motifs is 3. The summed E-state index contributed by atoms with van der Waals surface area (Å²) < 4.78 is 0. The summed E-state index contributed by atoms with van der Waals surface area (Å²) in [6.45, 7) is 4.86. The maximum Gasteiger partial charge on any atom is 0.129 e. The van der Waals surface area contributed by atoms with Crippen LogP contribution in [0.3, 0.4) is 0 Å². The minimum Gasteiger partial charge on any atom is -0.396 e.